The Morgan fingerprint density at radius 3 is 2.76 bits per heavy atom. The summed E-state index contributed by atoms with van der Waals surface area (Å²) >= 11 is 1.89. The summed E-state index contributed by atoms with van der Waals surface area (Å²) in [4.78, 5) is 4.54. The summed E-state index contributed by atoms with van der Waals surface area (Å²) in [6.45, 7) is 6.62. The van der Waals surface area contributed by atoms with Gasteiger partial charge in [0, 0.05) is 26.2 Å². The van der Waals surface area contributed by atoms with Gasteiger partial charge in [-0.2, -0.15) is 11.8 Å². The molecule has 0 fully saturated rings. The lowest BCUT2D eigenvalue weighted by Crippen LogP contribution is -2.44. The second kappa shape index (κ2) is 12.0. The van der Waals surface area contributed by atoms with Crippen LogP contribution in [0.25, 0.3) is 0 Å². The van der Waals surface area contributed by atoms with E-state index in [9.17, 15) is 0 Å². The number of guanidine groups is 1. The molecule has 5 heteroatoms. The minimum absolute atomic E-state index is 0.281. The number of unbranched alkanes of at least 4 members (excludes halogenated alkanes) is 1. The molecule has 0 aromatic heterocycles. The summed E-state index contributed by atoms with van der Waals surface area (Å²) in [5.41, 5.74) is 0. The second-order valence-electron chi connectivity index (χ2n) is 3.96. The number of nitrogens with one attached hydrogen (secondary N) is 2. The summed E-state index contributed by atoms with van der Waals surface area (Å²) in [6, 6.07) is 0.281. The third-order valence-corrected chi connectivity index (χ3v) is 2.87. The lowest BCUT2D eigenvalue weighted by Gasteiger charge is -2.16. The highest BCUT2D eigenvalue weighted by Gasteiger charge is 2.03. The highest BCUT2D eigenvalue weighted by atomic mass is 32.2. The van der Waals surface area contributed by atoms with Crippen molar-refractivity contribution in [2.75, 3.05) is 38.8 Å². The lowest BCUT2D eigenvalue weighted by molar-refractivity contribution is 0.179. The minimum Gasteiger partial charge on any atom is -0.383 e. The molecule has 0 aromatic carbocycles. The summed E-state index contributed by atoms with van der Waals surface area (Å²) in [5.74, 6) is 2.11. The highest BCUT2D eigenvalue weighted by Crippen LogP contribution is 1.99. The quantitative estimate of drug-likeness (QED) is 0.377. The van der Waals surface area contributed by atoms with E-state index in [4.69, 9.17) is 4.74 Å². The average Bonchev–Trinajstić information content (AvgIpc) is 2.29. The van der Waals surface area contributed by atoms with Crippen LogP contribution >= 0.6 is 11.8 Å². The van der Waals surface area contributed by atoms with Crippen molar-refractivity contribution < 1.29 is 4.74 Å². The van der Waals surface area contributed by atoms with Crippen LogP contribution in [0.4, 0.5) is 0 Å². The molecule has 0 aliphatic heterocycles. The summed E-state index contributed by atoms with van der Waals surface area (Å²) in [5, 5.41) is 6.56. The van der Waals surface area contributed by atoms with Crippen LogP contribution in [0.1, 0.15) is 26.7 Å². The average molecular weight is 261 g/mol. The molecular weight excluding hydrogens is 234 g/mol. The van der Waals surface area contributed by atoms with Crippen LogP contribution in [-0.2, 0) is 4.74 Å². The van der Waals surface area contributed by atoms with E-state index >= 15 is 0 Å². The first kappa shape index (κ1) is 16.6. The Morgan fingerprint density at radius 2 is 2.18 bits per heavy atom. The maximum absolute atomic E-state index is 5.09. The fraction of sp³-hybridized carbons (Fsp3) is 0.917. The van der Waals surface area contributed by atoms with Crippen molar-refractivity contribution in [2.24, 2.45) is 4.99 Å². The summed E-state index contributed by atoms with van der Waals surface area (Å²) in [7, 11) is 1.71. The van der Waals surface area contributed by atoms with Gasteiger partial charge in [-0.15, -0.1) is 0 Å². The first-order chi connectivity index (χ1) is 8.24. The predicted molar refractivity (Wildman–Crippen MR) is 78.1 cm³/mol. The number of hydrogen-bond acceptors (Lipinski definition) is 3. The van der Waals surface area contributed by atoms with Gasteiger partial charge in [0.15, 0.2) is 5.96 Å². The number of nitrogens with zero attached hydrogens (tertiary/aromatic N) is 1. The molecule has 0 spiro atoms. The largest absolute Gasteiger partial charge is 0.383 e. The lowest BCUT2D eigenvalue weighted by atomic mass is 10.3. The van der Waals surface area contributed by atoms with Crippen molar-refractivity contribution in [2.45, 2.75) is 32.7 Å². The van der Waals surface area contributed by atoms with Crippen molar-refractivity contribution in [3.8, 4) is 0 Å². The molecule has 1 atom stereocenters. The van der Waals surface area contributed by atoms with Crippen molar-refractivity contribution in [3.63, 3.8) is 0 Å². The van der Waals surface area contributed by atoms with Crippen molar-refractivity contribution in [1.82, 2.24) is 10.6 Å². The molecule has 4 nitrogen and oxygen atoms in total. The molecule has 0 heterocycles. The zero-order valence-electron chi connectivity index (χ0n) is 11.6. The molecular formula is C12H27N3OS. The van der Waals surface area contributed by atoms with Crippen molar-refractivity contribution in [1.29, 1.82) is 0 Å². The Kier molecular flexibility index (Phi) is 11.8. The Hall–Kier alpha value is -0.420. The van der Waals surface area contributed by atoms with Gasteiger partial charge < -0.3 is 15.4 Å². The normalized spacial score (nSPS) is 13.5. The first-order valence-electron chi connectivity index (χ1n) is 6.27. The Labute approximate surface area is 110 Å². The Morgan fingerprint density at radius 1 is 1.41 bits per heavy atom. The first-order valence-corrected chi connectivity index (χ1v) is 7.66. The SMILES string of the molecule is CCNC(=NCCCCSC)NC(C)COC. The number of thioether (sulfide) groups is 1. The summed E-state index contributed by atoms with van der Waals surface area (Å²) < 4.78 is 5.09. The van der Waals surface area contributed by atoms with Gasteiger partial charge in [0.25, 0.3) is 0 Å². The van der Waals surface area contributed by atoms with Crippen LogP contribution in [0.15, 0.2) is 4.99 Å². The third kappa shape index (κ3) is 10.5. The van der Waals surface area contributed by atoms with Crippen LogP contribution in [0.5, 0.6) is 0 Å². The molecule has 0 saturated heterocycles. The van der Waals surface area contributed by atoms with Crippen molar-refractivity contribution in [3.05, 3.63) is 0 Å². The molecule has 0 bridgehead atoms. The van der Waals surface area contributed by atoms with Crippen LogP contribution in [0.2, 0.25) is 0 Å². The second-order valence-corrected chi connectivity index (χ2v) is 4.95. The minimum atomic E-state index is 0.281. The topological polar surface area (TPSA) is 45.7 Å². The summed E-state index contributed by atoms with van der Waals surface area (Å²) in [6.07, 6.45) is 4.52. The zero-order valence-corrected chi connectivity index (χ0v) is 12.4. The van der Waals surface area contributed by atoms with Crippen molar-refractivity contribution >= 4 is 17.7 Å². The van der Waals surface area contributed by atoms with Crippen LogP contribution < -0.4 is 10.6 Å². The van der Waals surface area contributed by atoms with Gasteiger partial charge in [-0.05, 0) is 38.7 Å². The van der Waals surface area contributed by atoms with E-state index in [2.05, 4.69) is 35.7 Å². The highest BCUT2D eigenvalue weighted by molar-refractivity contribution is 7.98. The Balaban J connectivity index is 3.89. The van der Waals surface area contributed by atoms with E-state index in [1.54, 1.807) is 7.11 Å². The maximum Gasteiger partial charge on any atom is 0.191 e. The fourth-order valence-corrected chi connectivity index (χ4v) is 1.89. The maximum atomic E-state index is 5.09. The predicted octanol–water partition coefficient (Wildman–Crippen LogP) is 1.72. The van der Waals surface area contributed by atoms with Crippen LogP contribution in [0.3, 0.4) is 0 Å². The van der Waals surface area contributed by atoms with Gasteiger partial charge in [-0.25, -0.2) is 0 Å². The molecule has 0 saturated carbocycles. The molecule has 1 unspecified atom stereocenters. The van der Waals surface area contributed by atoms with Gasteiger partial charge in [0.2, 0.25) is 0 Å². The molecule has 0 rings (SSSR count). The number of ether oxygens (including phenoxy) is 1. The molecule has 102 valence electrons. The molecule has 0 aromatic rings. The fourth-order valence-electron chi connectivity index (χ4n) is 1.39. The number of methoxy groups -OCH3 is 1. The molecule has 17 heavy (non-hydrogen) atoms. The number of hydrogen-bond donors (Lipinski definition) is 2. The van der Waals surface area contributed by atoms with E-state index < -0.39 is 0 Å². The van der Waals surface area contributed by atoms with E-state index in [1.807, 2.05) is 11.8 Å². The van der Waals surface area contributed by atoms with Gasteiger partial charge in [0.1, 0.15) is 0 Å². The molecule has 0 aliphatic carbocycles. The Bertz CT molecular complexity index is 200. The molecule has 0 amide bonds. The van der Waals surface area contributed by atoms with Gasteiger partial charge in [0.05, 0.1) is 6.61 Å². The molecule has 2 N–H and O–H groups in total. The van der Waals surface area contributed by atoms with Gasteiger partial charge >= 0.3 is 0 Å². The van der Waals surface area contributed by atoms with Crippen LogP contribution in [-0.4, -0.2) is 50.8 Å². The van der Waals surface area contributed by atoms with Gasteiger partial charge in [-0.3, -0.25) is 4.99 Å². The van der Waals surface area contributed by atoms with E-state index in [-0.39, 0.29) is 6.04 Å². The number of rotatable bonds is 9. The van der Waals surface area contributed by atoms with E-state index in [0.29, 0.717) is 6.61 Å². The standard InChI is InChI=1S/C12H27N3OS/c1-5-13-12(15-11(2)10-16-3)14-8-6-7-9-17-4/h11H,5-10H2,1-4H3,(H2,13,14,15). The molecule has 0 aliphatic rings. The van der Waals surface area contributed by atoms with Gasteiger partial charge in [-0.1, -0.05) is 0 Å². The van der Waals surface area contributed by atoms with E-state index in [0.717, 1.165) is 25.5 Å². The smallest absolute Gasteiger partial charge is 0.191 e. The monoisotopic (exact) mass is 261 g/mol. The van der Waals surface area contributed by atoms with Crippen LogP contribution in [0, 0.1) is 0 Å². The molecule has 0 radical (unpaired) electrons. The van der Waals surface area contributed by atoms with E-state index in [1.165, 1.54) is 12.2 Å². The number of aliphatic imine (C=N–C) groups is 1. The third-order valence-electron chi connectivity index (χ3n) is 2.17. The zero-order chi connectivity index (χ0) is 12.9.